The Morgan fingerprint density at radius 3 is 3.00 bits per heavy atom. The third-order valence-electron chi connectivity index (χ3n) is 2.95. The molecule has 1 aromatic heterocycles. The molecule has 1 fully saturated rings. The molecule has 0 aromatic carbocycles. The van der Waals surface area contributed by atoms with Crippen molar-refractivity contribution in [3.05, 3.63) is 24.0 Å². The number of rotatable bonds is 3. The van der Waals surface area contributed by atoms with E-state index in [1.807, 2.05) is 0 Å². The van der Waals surface area contributed by atoms with Gasteiger partial charge in [0.1, 0.15) is 0 Å². The summed E-state index contributed by atoms with van der Waals surface area (Å²) in [6.07, 6.45) is 3.26. The van der Waals surface area contributed by atoms with Crippen LogP contribution in [-0.4, -0.2) is 31.7 Å². The number of pyridine rings is 1. The van der Waals surface area contributed by atoms with Crippen LogP contribution in [0.25, 0.3) is 0 Å². The van der Waals surface area contributed by atoms with Gasteiger partial charge in [0.15, 0.2) is 0 Å². The van der Waals surface area contributed by atoms with Gasteiger partial charge in [-0.2, -0.15) is 0 Å². The lowest BCUT2D eigenvalue weighted by atomic mass is 10.2. The van der Waals surface area contributed by atoms with Gasteiger partial charge in [-0.15, -0.1) is 0 Å². The van der Waals surface area contributed by atoms with E-state index in [1.54, 1.807) is 25.3 Å². The lowest BCUT2D eigenvalue weighted by molar-refractivity contribution is 0.499. The van der Waals surface area contributed by atoms with Crippen molar-refractivity contribution in [2.75, 3.05) is 17.8 Å². The van der Waals surface area contributed by atoms with E-state index < -0.39 is 10.0 Å². The molecule has 1 atom stereocenters. The van der Waals surface area contributed by atoms with Gasteiger partial charge in [-0.3, -0.25) is 9.71 Å². The van der Waals surface area contributed by atoms with Crippen LogP contribution in [0.3, 0.4) is 0 Å². The van der Waals surface area contributed by atoms with Crippen molar-refractivity contribution in [2.45, 2.75) is 25.0 Å². The summed E-state index contributed by atoms with van der Waals surface area (Å²) in [6.45, 7) is 3.21. The Kier molecular flexibility index (Phi) is 3.63. The molecule has 0 aliphatic carbocycles. The lowest BCUT2D eigenvalue weighted by Gasteiger charge is -2.23. The third-order valence-corrected chi connectivity index (χ3v) is 4.73. The fourth-order valence-electron chi connectivity index (χ4n) is 1.91. The van der Waals surface area contributed by atoms with E-state index in [9.17, 15) is 8.42 Å². The Labute approximate surface area is 102 Å². The Hall–Kier alpha value is -1.14. The standard InChI is InChI=1S/C11H17N3O2S/c1-9-11(5-3-7-13-9)14-17(15,16)10-4-2-6-12-8-10/h3,5,7,10,12,14H,2,4,6,8H2,1H3. The average Bonchev–Trinajstić information content (AvgIpc) is 2.33. The number of aryl methyl sites for hydroxylation is 1. The van der Waals surface area contributed by atoms with Gasteiger partial charge in [0.2, 0.25) is 10.0 Å². The molecule has 5 nitrogen and oxygen atoms in total. The SMILES string of the molecule is Cc1ncccc1NS(=O)(=O)C1CCCNC1. The van der Waals surface area contributed by atoms with E-state index in [0.717, 1.165) is 13.0 Å². The van der Waals surface area contributed by atoms with Gasteiger partial charge >= 0.3 is 0 Å². The molecule has 0 amide bonds. The number of aromatic nitrogens is 1. The highest BCUT2D eigenvalue weighted by Gasteiger charge is 2.27. The normalized spacial score (nSPS) is 21.1. The molecule has 94 valence electrons. The van der Waals surface area contributed by atoms with Crippen molar-refractivity contribution in [1.82, 2.24) is 10.3 Å². The van der Waals surface area contributed by atoms with Gasteiger partial charge in [-0.05, 0) is 38.4 Å². The predicted molar refractivity (Wildman–Crippen MR) is 67.4 cm³/mol. The molecule has 1 aromatic rings. The van der Waals surface area contributed by atoms with Crippen LogP contribution in [0, 0.1) is 6.92 Å². The van der Waals surface area contributed by atoms with Gasteiger partial charge < -0.3 is 5.32 Å². The van der Waals surface area contributed by atoms with E-state index in [-0.39, 0.29) is 5.25 Å². The van der Waals surface area contributed by atoms with Crippen LogP contribution in [-0.2, 0) is 10.0 Å². The molecule has 2 N–H and O–H groups in total. The topological polar surface area (TPSA) is 71.1 Å². The smallest absolute Gasteiger partial charge is 0.236 e. The Bertz CT molecular complexity index is 481. The van der Waals surface area contributed by atoms with E-state index in [2.05, 4.69) is 15.0 Å². The maximum atomic E-state index is 12.1. The first-order chi connectivity index (χ1) is 8.09. The fourth-order valence-corrected chi connectivity index (χ4v) is 3.42. The molecule has 1 aliphatic rings. The Morgan fingerprint density at radius 1 is 1.53 bits per heavy atom. The molecule has 0 saturated carbocycles. The second-order valence-electron chi connectivity index (χ2n) is 4.25. The van der Waals surface area contributed by atoms with Crippen LogP contribution in [0.4, 0.5) is 5.69 Å². The monoisotopic (exact) mass is 255 g/mol. The summed E-state index contributed by atoms with van der Waals surface area (Å²) < 4.78 is 26.9. The highest BCUT2D eigenvalue weighted by molar-refractivity contribution is 7.93. The molecule has 1 unspecified atom stereocenters. The highest BCUT2D eigenvalue weighted by Crippen LogP contribution is 2.18. The van der Waals surface area contributed by atoms with Crippen molar-refractivity contribution in [3.63, 3.8) is 0 Å². The van der Waals surface area contributed by atoms with Gasteiger partial charge in [0, 0.05) is 12.7 Å². The lowest BCUT2D eigenvalue weighted by Crippen LogP contribution is -2.41. The number of anilines is 1. The van der Waals surface area contributed by atoms with E-state index in [0.29, 0.717) is 24.3 Å². The molecule has 6 heteroatoms. The zero-order valence-electron chi connectivity index (χ0n) is 9.81. The maximum Gasteiger partial charge on any atom is 0.236 e. The predicted octanol–water partition coefficient (Wildman–Crippen LogP) is 0.884. The zero-order valence-corrected chi connectivity index (χ0v) is 10.6. The number of hydrogen-bond acceptors (Lipinski definition) is 4. The number of piperidine rings is 1. The number of sulfonamides is 1. The van der Waals surface area contributed by atoms with E-state index >= 15 is 0 Å². The average molecular weight is 255 g/mol. The van der Waals surface area contributed by atoms with Crippen LogP contribution in [0.5, 0.6) is 0 Å². The zero-order chi connectivity index (χ0) is 12.3. The summed E-state index contributed by atoms with van der Waals surface area (Å²) >= 11 is 0. The molecule has 0 spiro atoms. The molecule has 1 aliphatic heterocycles. The van der Waals surface area contributed by atoms with Crippen LogP contribution in [0.2, 0.25) is 0 Å². The first kappa shape index (κ1) is 12.3. The molecule has 2 heterocycles. The second-order valence-corrected chi connectivity index (χ2v) is 6.21. The first-order valence-corrected chi connectivity index (χ1v) is 7.28. The number of hydrogen-bond donors (Lipinski definition) is 2. The summed E-state index contributed by atoms with van der Waals surface area (Å²) in [6, 6.07) is 3.46. The van der Waals surface area contributed by atoms with Crippen LogP contribution >= 0.6 is 0 Å². The quantitative estimate of drug-likeness (QED) is 0.841. The van der Waals surface area contributed by atoms with Crippen molar-refractivity contribution < 1.29 is 8.42 Å². The van der Waals surface area contributed by atoms with Crippen LogP contribution < -0.4 is 10.0 Å². The number of nitrogens with zero attached hydrogens (tertiary/aromatic N) is 1. The summed E-state index contributed by atoms with van der Waals surface area (Å²) in [7, 11) is -3.31. The Morgan fingerprint density at radius 2 is 2.35 bits per heavy atom. The third kappa shape index (κ3) is 2.95. The van der Waals surface area contributed by atoms with Crippen LogP contribution in [0.15, 0.2) is 18.3 Å². The van der Waals surface area contributed by atoms with Crippen LogP contribution in [0.1, 0.15) is 18.5 Å². The molecular formula is C11H17N3O2S. The maximum absolute atomic E-state index is 12.1. The van der Waals surface area contributed by atoms with E-state index in [4.69, 9.17) is 0 Å². The van der Waals surface area contributed by atoms with Crippen molar-refractivity contribution in [1.29, 1.82) is 0 Å². The molecule has 0 bridgehead atoms. The van der Waals surface area contributed by atoms with Crippen molar-refractivity contribution in [3.8, 4) is 0 Å². The van der Waals surface area contributed by atoms with E-state index in [1.165, 1.54) is 0 Å². The minimum atomic E-state index is -3.31. The highest BCUT2D eigenvalue weighted by atomic mass is 32.2. The second kappa shape index (κ2) is 5.01. The minimum absolute atomic E-state index is 0.351. The van der Waals surface area contributed by atoms with Gasteiger partial charge in [-0.1, -0.05) is 0 Å². The molecule has 1 saturated heterocycles. The van der Waals surface area contributed by atoms with Crippen molar-refractivity contribution in [2.24, 2.45) is 0 Å². The summed E-state index contributed by atoms with van der Waals surface area (Å²) in [5.41, 5.74) is 1.26. The summed E-state index contributed by atoms with van der Waals surface area (Å²) in [5.74, 6) is 0. The summed E-state index contributed by atoms with van der Waals surface area (Å²) in [4.78, 5) is 4.07. The molecule has 2 rings (SSSR count). The summed E-state index contributed by atoms with van der Waals surface area (Å²) in [5, 5.41) is 2.76. The number of nitrogens with one attached hydrogen (secondary N) is 2. The molecular weight excluding hydrogens is 238 g/mol. The minimum Gasteiger partial charge on any atom is -0.315 e. The fraction of sp³-hybridized carbons (Fsp3) is 0.545. The first-order valence-electron chi connectivity index (χ1n) is 5.73. The van der Waals surface area contributed by atoms with Gasteiger partial charge in [-0.25, -0.2) is 8.42 Å². The van der Waals surface area contributed by atoms with Gasteiger partial charge in [0.25, 0.3) is 0 Å². The molecule has 0 radical (unpaired) electrons. The Balaban J connectivity index is 2.14. The largest absolute Gasteiger partial charge is 0.315 e. The molecule has 17 heavy (non-hydrogen) atoms. The van der Waals surface area contributed by atoms with Crippen molar-refractivity contribution >= 4 is 15.7 Å². The van der Waals surface area contributed by atoms with Gasteiger partial charge in [0.05, 0.1) is 16.6 Å².